The number of aryl methyl sites for hydroxylation is 3. The third-order valence-electron chi connectivity index (χ3n) is 4.23. The average Bonchev–Trinajstić information content (AvgIpc) is 3.03. The Morgan fingerprint density at radius 3 is 2.33 bits per heavy atom. The van der Waals surface area contributed by atoms with Crippen LogP contribution in [-0.2, 0) is 21.3 Å². The van der Waals surface area contributed by atoms with E-state index < -0.39 is 24.5 Å². The number of hydrogen-bond acceptors (Lipinski definition) is 6. The molecule has 0 unspecified atom stereocenters. The van der Waals surface area contributed by atoms with Gasteiger partial charge in [-0.15, -0.1) is 0 Å². The lowest BCUT2D eigenvalue weighted by Crippen LogP contribution is -2.22. The molecule has 146 valence electrons. The van der Waals surface area contributed by atoms with Gasteiger partial charge in [-0.25, -0.2) is 9.59 Å². The Hall–Kier alpha value is -3.10. The molecule has 0 aliphatic carbocycles. The average molecular weight is 376 g/mol. The van der Waals surface area contributed by atoms with Crippen LogP contribution >= 0.6 is 0 Å². The van der Waals surface area contributed by atoms with Crippen LogP contribution in [0.4, 0.5) is 5.69 Å². The standard InChI is InChI=1S/C18H24N4O5/c1-7-26-17(24)14-9(2)15(19-10(14)3)18(25)27-8-13(23)20-16-11(4)21-22(6)12(16)5/h19H,7-8H2,1-6H3,(H,20,23). The van der Waals surface area contributed by atoms with Gasteiger partial charge in [-0.3, -0.25) is 9.48 Å². The number of ether oxygens (including phenoxy) is 2. The molecule has 2 rings (SSSR count). The molecule has 0 fully saturated rings. The summed E-state index contributed by atoms with van der Waals surface area (Å²) in [6, 6.07) is 0. The summed E-state index contributed by atoms with van der Waals surface area (Å²) in [4.78, 5) is 39.2. The van der Waals surface area contributed by atoms with Gasteiger partial charge >= 0.3 is 11.9 Å². The third-order valence-corrected chi connectivity index (χ3v) is 4.23. The first-order valence-corrected chi connectivity index (χ1v) is 8.50. The van der Waals surface area contributed by atoms with E-state index in [2.05, 4.69) is 15.4 Å². The van der Waals surface area contributed by atoms with Gasteiger partial charge in [0.05, 0.1) is 29.2 Å². The number of hydrogen-bond donors (Lipinski definition) is 2. The summed E-state index contributed by atoms with van der Waals surface area (Å²) < 4.78 is 11.7. The van der Waals surface area contributed by atoms with Gasteiger partial charge in [0.2, 0.25) is 0 Å². The number of carbonyl (C=O) groups is 3. The van der Waals surface area contributed by atoms with Gasteiger partial charge in [0.25, 0.3) is 5.91 Å². The van der Waals surface area contributed by atoms with Gasteiger partial charge in [0.1, 0.15) is 5.69 Å². The highest BCUT2D eigenvalue weighted by molar-refractivity contribution is 6.00. The molecule has 1 amide bonds. The number of H-pyrrole nitrogens is 1. The second-order valence-electron chi connectivity index (χ2n) is 6.14. The number of amides is 1. The molecule has 2 N–H and O–H groups in total. The molecule has 0 aromatic carbocycles. The lowest BCUT2D eigenvalue weighted by Gasteiger charge is -2.07. The zero-order valence-corrected chi connectivity index (χ0v) is 16.3. The van der Waals surface area contributed by atoms with E-state index in [1.165, 1.54) is 0 Å². The summed E-state index contributed by atoms with van der Waals surface area (Å²) in [6.07, 6.45) is 0. The van der Waals surface area contributed by atoms with E-state index in [0.29, 0.717) is 28.2 Å². The minimum absolute atomic E-state index is 0.122. The summed E-state index contributed by atoms with van der Waals surface area (Å²) in [5.74, 6) is -1.71. The second kappa shape index (κ2) is 8.07. The summed E-state index contributed by atoms with van der Waals surface area (Å²) in [7, 11) is 1.77. The van der Waals surface area contributed by atoms with Crippen molar-refractivity contribution in [1.82, 2.24) is 14.8 Å². The van der Waals surface area contributed by atoms with Crippen LogP contribution in [0.2, 0.25) is 0 Å². The number of nitrogens with zero attached hydrogens (tertiary/aromatic N) is 2. The Balaban J connectivity index is 2.04. The van der Waals surface area contributed by atoms with Gasteiger partial charge in [0.15, 0.2) is 6.61 Å². The number of anilines is 1. The zero-order valence-electron chi connectivity index (χ0n) is 16.3. The van der Waals surface area contributed by atoms with Crippen molar-refractivity contribution in [3.05, 3.63) is 33.9 Å². The number of rotatable bonds is 6. The molecule has 9 heteroatoms. The number of aromatic amines is 1. The van der Waals surface area contributed by atoms with Crippen LogP contribution in [0.1, 0.15) is 50.4 Å². The van der Waals surface area contributed by atoms with Crippen molar-refractivity contribution in [2.45, 2.75) is 34.6 Å². The number of esters is 2. The summed E-state index contributed by atoms with van der Waals surface area (Å²) in [5.41, 5.74) is 3.41. The van der Waals surface area contributed by atoms with Gasteiger partial charge in [0, 0.05) is 12.7 Å². The predicted octanol–water partition coefficient (Wildman–Crippen LogP) is 1.95. The van der Waals surface area contributed by atoms with Crippen molar-refractivity contribution in [2.24, 2.45) is 7.05 Å². The molecule has 0 saturated heterocycles. The van der Waals surface area contributed by atoms with Crippen molar-refractivity contribution in [1.29, 1.82) is 0 Å². The van der Waals surface area contributed by atoms with Crippen molar-refractivity contribution in [2.75, 3.05) is 18.5 Å². The Morgan fingerprint density at radius 2 is 1.78 bits per heavy atom. The fraction of sp³-hybridized carbons (Fsp3) is 0.444. The maximum Gasteiger partial charge on any atom is 0.355 e. The lowest BCUT2D eigenvalue weighted by atomic mass is 10.1. The largest absolute Gasteiger partial charge is 0.462 e. The van der Waals surface area contributed by atoms with Crippen LogP contribution < -0.4 is 5.32 Å². The molecule has 0 aliphatic heterocycles. The van der Waals surface area contributed by atoms with E-state index in [-0.39, 0.29) is 12.3 Å². The molecule has 2 heterocycles. The monoisotopic (exact) mass is 376 g/mol. The molecular formula is C18H24N4O5. The number of nitrogens with one attached hydrogen (secondary N) is 2. The molecule has 0 radical (unpaired) electrons. The molecule has 0 bridgehead atoms. The number of carbonyl (C=O) groups excluding carboxylic acids is 3. The molecular weight excluding hydrogens is 352 g/mol. The first-order valence-electron chi connectivity index (χ1n) is 8.50. The van der Waals surface area contributed by atoms with E-state index >= 15 is 0 Å². The smallest absolute Gasteiger partial charge is 0.355 e. The SMILES string of the molecule is CCOC(=O)c1c(C)[nH]c(C(=O)OCC(=O)Nc2c(C)nn(C)c2C)c1C. The fourth-order valence-corrected chi connectivity index (χ4v) is 2.80. The Bertz CT molecular complexity index is 894. The fourth-order valence-electron chi connectivity index (χ4n) is 2.80. The van der Waals surface area contributed by atoms with Crippen molar-refractivity contribution < 1.29 is 23.9 Å². The highest BCUT2D eigenvalue weighted by Crippen LogP contribution is 2.20. The molecule has 2 aromatic rings. The molecule has 0 saturated carbocycles. The van der Waals surface area contributed by atoms with Gasteiger partial charge in [-0.05, 0) is 40.2 Å². The minimum Gasteiger partial charge on any atom is -0.462 e. The first kappa shape index (κ1) is 20.2. The van der Waals surface area contributed by atoms with Crippen molar-refractivity contribution in [3.8, 4) is 0 Å². The predicted molar refractivity (Wildman–Crippen MR) is 97.8 cm³/mol. The highest BCUT2D eigenvalue weighted by atomic mass is 16.5. The minimum atomic E-state index is -0.721. The van der Waals surface area contributed by atoms with E-state index in [1.54, 1.807) is 39.4 Å². The van der Waals surface area contributed by atoms with Crippen LogP contribution in [0.15, 0.2) is 0 Å². The van der Waals surface area contributed by atoms with E-state index in [1.807, 2.05) is 6.92 Å². The first-order chi connectivity index (χ1) is 12.7. The summed E-state index contributed by atoms with van der Waals surface area (Å²) in [6.45, 7) is 8.36. The van der Waals surface area contributed by atoms with Crippen LogP contribution in [-0.4, -0.2) is 45.8 Å². The van der Waals surface area contributed by atoms with Gasteiger partial charge in [-0.1, -0.05) is 0 Å². The number of aromatic nitrogens is 3. The molecule has 0 atom stereocenters. The van der Waals surface area contributed by atoms with Crippen LogP contribution in [0, 0.1) is 27.7 Å². The van der Waals surface area contributed by atoms with E-state index in [4.69, 9.17) is 9.47 Å². The molecule has 0 spiro atoms. The molecule has 2 aromatic heterocycles. The highest BCUT2D eigenvalue weighted by Gasteiger charge is 2.24. The normalized spacial score (nSPS) is 10.6. The van der Waals surface area contributed by atoms with Crippen molar-refractivity contribution >= 4 is 23.5 Å². The van der Waals surface area contributed by atoms with Crippen LogP contribution in [0.25, 0.3) is 0 Å². The summed E-state index contributed by atoms with van der Waals surface area (Å²) in [5, 5.41) is 6.90. The Labute approximate surface area is 157 Å². The third kappa shape index (κ3) is 4.18. The Kier molecular flexibility index (Phi) is 6.04. The van der Waals surface area contributed by atoms with E-state index in [0.717, 1.165) is 5.69 Å². The summed E-state index contributed by atoms with van der Waals surface area (Å²) >= 11 is 0. The zero-order chi connectivity index (χ0) is 20.3. The maximum atomic E-state index is 12.3. The Morgan fingerprint density at radius 1 is 1.11 bits per heavy atom. The lowest BCUT2D eigenvalue weighted by molar-refractivity contribution is -0.119. The van der Waals surface area contributed by atoms with Crippen LogP contribution in [0.5, 0.6) is 0 Å². The van der Waals surface area contributed by atoms with Crippen LogP contribution in [0.3, 0.4) is 0 Å². The van der Waals surface area contributed by atoms with E-state index in [9.17, 15) is 14.4 Å². The molecule has 0 aliphatic rings. The van der Waals surface area contributed by atoms with Crippen molar-refractivity contribution in [3.63, 3.8) is 0 Å². The second-order valence-corrected chi connectivity index (χ2v) is 6.14. The molecule has 9 nitrogen and oxygen atoms in total. The maximum absolute atomic E-state index is 12.3. The van der Waals surface area contributed by atoms with Gasteiger partial charge in [-0.2, -0.15) is 5.10 Å². The van der Waals surface area contributed by atoms with Gasteiger partial charge < -0.3 is 19.8 Å². The quantitative estimate of drug-likeness (QED) is 0.745. The topological polar surface area (TPSA) is 115 Å². The molecule has 27 heavy (non-hydrogen) atoms.